The van der Waals surface area contributed by atoms with Gasteiger partial charge in [-0.15, -0.1) is 11.3 Å². The third-order valence-corrected chi connectivity index (χ3v) is 2.64. The van der Waals surface area contributed by atoms with Crippen LogP contribution in [0.15, 0.2) is 6.20 Å². The van der Waals surface area contributed by atoms with Crippen molar-refractivity contribution in [3.8, 4) is 0 Å². The van der Waals surface area contributed by atoms with Crippen molar-refractivity contribution in [3.63, 3.8) is 0 Å². The Morgan fingerprint density at radius 3 is 2.69 bits per heavy atom. The number of hydrogen-bond acceptors (Lipinski definition) is 6. The molecule has 13 heavy (non-hydrogen) atoms. The molecule has 1 heterocycles. The molecule has 0 spiro atoms. The van der Waals surface area contributed by atoms with Crippen LogP contribution in [-0.4, -0.2) is 33.0 Å². The summed E-state index contributed by atoms with van der Waals surface area (Å²) in [6, 6.07) is 0. The van der Waals surface area contributed by atoms with Gasteiger partial charge in [0.15, 0.2) is 0 Å². The van der Waals surface area contributed by atoms with Gasteiger partial charge in [-0.1, -0.05) is 0 Å². The van der Waals surface area contributed by atoms with Crippen molar-refractivity contribution in [1.29, 1.82) is 0 Å². The van der Waals surface area contributed by atoms with Crippen LogP contribution in [0.3, 0.4) is 0 Å². The highest BCUT2D eigenvalue weighted by atomic mass is 32.1. The highest BCUT2D eigenvalue weighted by molar-refractivity contribution is 7.11. The molecule has 0 saturated heterocycles. The van der Waals surface area contributed by atoms with Gasteiger partial charge in [0.25, 0.3) is 0 Å². The molecule has 0 aromatic carbocycles. The van der Waals surface area contributed by atoms with Gasteiger partial charge in [-0.2, -0.15) is 0 Å². The zero-order valence-corrected chi connectivity index (χ0v) is 7.74. The molecule has 0 saturated carbocycles. The van der Waals surface area contributed by atoms with E-state index in [1.165, 1.54) is 6.20 Å². The van der Waals surface area contributed by atoms with E-state index < -0.39 is 12.2 Å². The van der Waals surface area contributed by atoms with E-state index in [0.717, 1.165) is 11.3 Å². The molecule has 0 amide bonds. The summed E-state index contributed by atoms with van der Waals surface area (Å²) in [5, 5.41) is 27.7. The number of nitrogens with zero attached hydrogens (tertiary/aromatic N) is 1. The molecular formula is C7H12N2O3S. The Morgan fingerprint density at radius 1 is 1.54 bits per heavy atom. The summed E-state index contributed by atoms with van der Waals surface area (Å²) in [6.07, 6.45) is -0.597. The monoisotopic (exact) mass is 204 g/mol. The van der Waals surface area contributed by atoms with Gasteiger partial charge in [-0.25, -0.2) is 4.98 Å². The molecule has 5 N–H and O–H groups in total. The molecule has 1 aromatic heterocycles. The largest absolute Gasteiger partial charge is 0.391 e. The van der Waals surface area contributed by atoms with Crippen molar-refractivity contribution in [2.45, 2.75) is 18.8 Å². The van der Waals surface area contributed by atoms with E-state index in [0.29, 0.717) is 9.88 Å². The average molecular weight is 204 g/mol. The summed E-state index contributed by atoms with van der Waals surface area (Å²) >= 11 is 1.16. The van der Waals surface area contributed by atoms with Gasteiger partial charge in [0.1, 0.15) is 11.1 Å². The Morgan fingerprint density at radius 2 is 2.23 bits per heavy atom. The van der Waals surface area contributed by atoms with E-state index in [1.54, 1.807) is 0 Å². The molecule has 2 unspecified atom stereocenters. The Labute approximate surface area is 79.5 Å². The molecule has 74 valence electrons. The van der Waals surface area contributed by atoms with E-state index in [1.807, 2.05) is 0 Å². The Kier molecular flexibility index (Phi) is 3.76. The van der Waals surface area contributed by atoms with Crippen molar-refractivity contribution in [1.82, 2.24) is 4.98 Å². The highest BCUT2D eigenvalue weighted by Crippen LogP contribution is 2.22. The number of hydrogen-bond donors (Lipinski definition) is 4. The second-order valence-electron chi connectivity index (χ2n) is 2.57. The summed E-state index contributed by atoms with van der Waals surface area (Å²) in [6.45, 7) is -0.127. The molecule has 2 atom stereocenters. The molecule has 0 aliphatic carbocycles. The van der Waals surface area contributed by atoms with E-state index in [-0.39, 0.29) is 13.2 Å². The predicted octanol–water partition coefficient (Wildman–Crippen LogP) is -1.01. The molecule has 0 radical (unpaired) electrons. The van der Waals surface area contributed by atoms with Gasteiger partial charge in [0.05, 0.1) is 17.6 Å². The van der Waals surface area contributed by atoms with Gasteiger partial charge in [-0.05, 0) is 0 Å². The highest BCUT2D eigenvalue weighted by Gasteiger charge is 2.19. The Bertz CT molecular complexity index is 266. The van der Waals surface area contributed by atoms with Gasteiger partial charge >= 0.3 is 0 Å². The average Bonchev–Trinajstić information content (AvgIpc) is 2.63. The lowest BCUT2D eigenvalue weighted by atomic mass is 10.2. The quantitative estimate of drug-likeness (QED) is 0.503. The molecule has 1 aromatic rings. The zero-order valence-electron chi connectivity index (χ0n) is 6.92. The van der Waals surface area contributed by atoms with Crippen molar-refractivity contribution in [3.05, 3.63) is 16.1 Å². The lowest BCUT2D eigenvalue weighted by Crippen LogP contribution is -2.26. The topological polar surface area (TPSA) is 99.6 Å². The molecule has 0 aliphatic rings. The number of rotatable bonds is 4. The third-order valence-electron chi connectivity index (χ3n) is 1.59. The zero-order chi connectivity index (χ0) is 9.84. The van der Waals surface area contributed by atoms with Crippen LogP contribution in [0, 0.1) is 0 Å². The minimum Gasteiger partial charge on any atom is -0.391 e. The normalized spacial score (nSPS) is 15.7. The summed E-state index contributed by atoms with van der Waals surface area (Å²) in [7, 11) is 0. The lowest BCUT2D eigenvalue weighted by Gasteiger charge is -2.12. The van der Waals surface area contributed by atoms with Crippen LogP contribution in [0.4, 0.5) is 0 Å². The van der Waals surface area contributed by atoms with Crippen LogP contribution < -0.4 is 5.73 Å². The maximum Gasteiger partial charge on any atom is 0.133 e. The fraction of sp³-hybridized carbons (Fsp3) is 0.571. The third kappa shape index (κ3) is 2.45. The standard InChI is InChI=1S/C7H12N2O3S/c8-1-5(11)6(12)7-9-2-4(3-10)13-7/h2,5-6,10-12H,1,3,8H2. The van der Waals surface area contributed by atoms with Crippen molar-refractivity contribution in [2.24, 2.45) is 5.73 Å². The number of aliphatic hydroxyl groups excluding tert-OH is 3. The summed E-state index contributed by atoms with van der Waals surface area (Å²) < 4.78 is 0. The lowest BCUT2D eigenvalue weighted by molar-refractivity contribution is 0.0242. The summed E-state index contributed by atoms with van der Waals surface area (Å²) in [4.78, 5) is 4.50. The van der Waals surface area contributed by atoms with Crippen LogP contribution in [0.2, 0.25) is 0 Å². The van der Waals surface area contributed by atoms with Crippen LogP contribution in [-0.2, 0) is 6.61 Å². The predicted molar refractivity (Wildman–Crippen MR) is 48.1 cm³/mol. The minimum absolute atomic E-state index is 0.0186. The Hall–Kier alpha value is -0.530. The van der Waals surface area contributed by atoms with E-state index in [2.05, 4.69) is 4.98 Å². The first-order chi connectivity index (χ1) is 6.19. The van der Waals surface area contributed by atoms with E-state index in [4.69, 9.17) is 10.8 Å². The molecule has 0 bridgehead atoms. The maximum atomic E-state index is 9.43. The second-order valence-corrected chi connectivity index (χ2v) is 3.72. The summed E-state index contributed by atoms with van der Waals surface area (Å²) in [5.41, 5.74) is 5.17. The fourth-order valence-electron chi connectivity index (χ4n) is 0.826. The molecule has 1 rings (SSSR count). The smallest absolute Gasteiger partial charge is 0.133 e. The fourth-order valence-corrected chi connectivity index (χ4v) is 1.65. The van der Waals surface area contributed by atoms with Gasteiger partial charge < -0.3 is 21.1 Å². The van der Waals surface area contributed by atoms with Crippen molar-refractivity contribution >= 4 is 11.3 Å². The first-order valence-corrected chi connectivity index (χ1v) is 4.62. The van der Waals surface area contributed by atoms with Crippen LogP contribution in [0.1, 0.15) is 16.0 Å². The SMILES string of the molecule is NCC(O)C(O)c1ncc(CO)s1. The number of aliphatic hydroxyl groups is 3. The first-order valence-electron chi connectivity index (χ1n) is 3.80. The molecular weight excluding hydrogens is 192 g/mol. The maximum absolute atomic E-state index is 9.43. The van der Waals surface area contributed by atoms with E-state index in [9.17, 15) is 10.2 Å². The first kappa shape index (κ1) is 10.6. The van der Waals surface area contributed by atoms with Crippen LogP contribution in [0.25, 0.3) is 0 Å². The molecule has 0 fully saturated rings. The number of nitrogens with two attached hydrogens (primary N) is 1. The van der Waals surface area contributed by atoms with E-state index >= 15 is 0 Å². The summed E-state index contributed by atoms with van der Waals surface area (Å²) in [5.74, 6) is 0. The van der Waals surface area contributed by atoms with Crippen molar-refractivity contribution < 1.29 is 15.3 Å². The molecule has 6 heteroatoms. The van der Waals surface area contributed by atoms with Gasteiger partial charge in [-0.3, -0.25) is 0 Å². The van der Waals surface area contributed by atoms with Crippen molar-refractivity contribution in [2.75, 3.05) is 6.54 Å². The van der Waals surface area contributed by atoms with Crippen LogP contribution >= 0.6 is 11.3 Å². The molecule has 0 aliphatic heterocycles. The number of thiazole rings is 1. The minimum atomic E-state index is -1.06. The second kappa shape index (κ2) is 4.64. The Balaban J connectivity index is 2.70. The molecule has 5 nitrogen and oxygen atoms in total. The van der Waals surface area contributed by atoms with Gasteiger partial charge in [0, 0.05) is 12.7 Å². The van der Waals surface area contributed by atoms with Crippen LogP contribution in [0.5, 0.6) is 0 Å². The number of aromatic nitrogens is 1. The van der Waals surface area contributed by atoms with Gasteiger partial charge in [0.2, 0.25) is 0 Å².